The molecule has 0 aromatic heterocycles. The van der Waals surface area contributed by atoms with Gasteiger partial charge >= 0.3 is 0 Å². The summed E-state index contributed by atoms with van der Waals surface area (Å²) in [6, 6.07) is 10.0. The Morgan fingerprint density at radius 3 is 2.74 bits per heavy atom. The van der Waals surface area contributed by atoms with E-state index < -0.39 is 0 Å². The molecule has 1 aliphatic rings. The van der Waals surface area contributed by atoms with Crippen molar-refractivity contribution in [1.29, 1.82) is 0 Å². The molecule has 0 bridgehead atoms. The average molecular weight is 282 g/mol. The molecule has 19 heavy (non-hydrogen) atoms. The first-order chi connectivity index (χ1) is 9.20. The van der Waals surface area contributed by atoms with Gasteiger partial charge in [-0.25, -0.2) is 0 Å². The quantitative estimate of drug-likeness (QED) is 0.777. The number of benzene rings is 1. The summed E-state index contributed by atoms with van der Waals surface area (Å²) in [6.07, 6.45) is 0.996. The summed E-state index contributed by atoms with van der Waals surface area (Å²) in [5.74, 6) is 0.609. The van der Waals surface area contributed by atoms with Gasteiger partial charge < -0.3 is 9.64 Å². The molecule has 1 aromatic rings. The number of ether oxygens (including phenoxy) is 1. The predicted molar refractivity (Wildman–Crippen MR) is 76.1 cm³/mol. The highest BCUT2D eigenvalue weighted by Gasteiger charge is 2.31. The van der Waals surface area contributed by atoms with E-state index in [0.717, 1.165) is 12.0 Å². The number of amides is 1. The highest BCUT2D eigenvalue weighted by atomic mass is 35.5. The normalized spacial score (nSPS) is 22.4. The van der Waals surface area contributed by atoms with Gasteiger partial charge in [0.2, 0.25) is 5.91 Å². The van der Waals surface area contributed by atoms with E-state index in [1.54, 1.807) is 0 Å². The summed E-state index contributed by atoms with van der Waals surface area (Å²) in [5, 5.41) is 0. The molecule has 2 atom stereocenters. The smallest absolute Gasteiger partial charge is 0.228 e. The second kappa shape index (κ2) is 6.92. The second-order valence-electron chi connectivity index (χ2n) is 5.01. The predicted octanol–water partition coefficient (Wildman–Crippen LogP) is 2.68. The van der Waals surface area contributed by atoms with Gasteiger partial charge in [-0.15, -0.1) is 11.6 Å². The van der Waals surface area contributed by atoms with Crippen molar-refractivity contribution in [3.8, 4) is 0 Å². The third-order valence-corrected chi connectivity index (χ3v) is 3.60. The summed E-state index contributed by atoms with van der Waals surface area (Å²) >= 11 is 5.82. The molecule has 1 aromatic carbocycles. The first kappa shape index (κ1) is 14.4. The van der Waals surface area contributed by atoms with E-state index in [-0.39, 0.29) is 17.9 Å². The first-order valence-electron chi connectivity index (χ1n) is 6.71. The minimum Gasteiger partial charge on any atom is -0.378 e. The van der Waals surface area contributed by atoms with Crippen LogP contribution in [0.15, 0.2) is 30.3 Å². The SMILES string of the molecule is CC1CC(C(=O)N(CCCl)Cc2ccccc2)CO1. The Morgan fingerprint density at radius 2 is 2.16 bits per heavy atom. The van der Waals surface area contributed by atoms with E-state index in [0.29, 0.717) is 25.6 Å². The fourth-order valence-corrected chi connectivity index (χ4v) is 2.62. The molecule has 0 radical (unpaired) electrons. The molecule has 104 valence electrons. The molecular formula is C15H20ClNO2. The van der Waals surface area contributed by atoms with Gasteiger partial charge in [-0.1, -0.05) is 30.3 Å². The lowest BCUT2D eigenvalue weighted by Gasteiger charge is -2.24. The van der Waals surface area contributed by atoms with Gasteiger partial charge in [0.15, 0.2) is 0 Å². The Bertz CT molecular complexity index is 410. The monoisotopic (exact) mass is 281 g/mol. The van der Waals surface area contributed by atoms with Gasteiger partial charge in [0.25, 0.3) is 0 Å². The number of hydrogen-bond donors (Lipinski definition) is 0. The van der Waals surface area contributed by atoms with Crippen LogP contribution in [0, 0.1) is 5.92 Å². The lowest BCUT2D eigenvalue weighted by molar-refractivity contribution is -0.135. The van der Waals surface area contributed by atoms with Gasteiger partial charge in [0.05, 0.1) is 18.6 Å². The van der Waals surface area contributed by atoms with E-state index in [9.17, 15) is 4.79 Å². The minimum atomic E-state index is -0.0121. The van der Waals surface area contributed by atoms with Crippen molar-refractivity contribution in [3.63, 3.8) is 0 Å². The summed E-state index contributed by atoms with van der Waals surface area (Å²) in [6.45, 7) is 3.75. The van der Waals surface area contributed by atoms with Crippen LogP contribution < -0.4 is 0 Å². The molecule has 0 saturated carbocycles. The molecule has 0 N–H and O–H groups in total. The van der Waals surface area contributed by atoms with Crippen LogP contribution in [0.1, 0.15) is 18.9 Å². The van der Waals surface area contributed by atoms with Crippen LogP contribution in [0.2, 0.25) is 0 Å². The van der Waals surface area contributed by atoms with Crippen molar-refractivity contribution in [3.05, 3.63) is 35.9 Å². The number of carbonyl (C=O) groups excluding carboxylic acids is 1. The van der Waals surface area contributed by atoms with Crippen molar-refractivity contribution >= 4 is 17.5 Å². The van der Waals surface area contributed by atoms with Crippen molar-refractivity contribution in [1.82, 2.24) is 4.90 Å². The first-order valence-corrected chi connectivity index (χ1v) is 7.24. The molecule has 0 spiro atoms. The fourth-order valence-electron chi connectivity index (χ4n) is 2.42. The number of halogens is 1. The third kappa shape index (κ3) is 3.95. The van der Waals surface area contributed by atoms with Crippen molar-refractivity contribution in [2.75, 3.05) is 19.0 Å². The number of rotatable bonds is 5. The summed E-state index contributed by atoms with van der Waals surface area (Å²) in [5.41, 5.74) is 1.13. The molecule has 1 fully saturated rings. The Balaban J connectivity index is 2.01. The van der Waals surface area contributed by atoms with Crippen LogP contribution in [-0.4, -0.2) is 35.9 Å². The van der Waals surface area contributed by atoms with Gasteiger partial charge in [-0.2, -0.15) is 0 Å². The van der Waals surface area contributed by atoms with Gasteiger partial charge in [0.1, 0.15) is 0 Å². The lowest BCUT2D eigenvalue weighted by atomic mass is 10.0. The number of hydrogen-bond acceptors (Lipinski definition) is 2. The standard InChI is InChI=1S/C15H20ClNO2/c1-12-9-14(11-19-12)15(18)17(8-7-16)10-13-5-3-2-4-6-13/h2-6,12,14H,7-11H2,1H3. The molecule has 4 heteroatoms. The highest BCUT2D eigenvalue weighted by molar-refractivity contribution is 6.18. The maximum Gasteiger partial charge on any atom is 0.228 e. The van der Waals surface area contributed by atoms with E-state index >= 15 is 0 Å². The van der Waals surface area contributed by atoms with Gasteiger partial charge in [-0.3, -0.25) is 4.79 Å². The Kier molecular flexibility index (Phi) is 5.23. The van der Waals surface area contributed by atoms with Crippen LogP contribution in [0.4, 0.5) is 0 Å². The van der Waals surface area contributed by atoms with Crippen molar-refractivity contribution in [2.45, 2.75) is 26.0 Å². The van der Waals surface area contributed by atoms with Crippen LogP contribution in [-0.2, 0) is 16.1 Å². The minimum absolute atomic E-state index is 0.0121. The number of nitrogens with zero attached hydrogens (tertiary/aromatic N) is 1. The molecule has 3 nitrogen and oxygen atoms in total. The number of alkyl halides is 1. The fraction of sp³-hybridized carbons (Fsp3) is 0.533. The largest absolute Gasteiger partial charge is 0.378 e. The van der Waals surface area contributed by atoms with Crippen LogP contribution >= 0.6 is 11.6 Å². The van der Waals surface area contributed by atoms with Crippen molar-refractivity contribution < 1.29 is 9.53 Å². The molecular weight excluding hydrogens is 262 g/mol. The van der Waals surface area contributed by atoms with Gasteiger partial charge in [0, 0.05) is 19.0 Å². The molecule has 2 unspecified atom stereocenters. The van der Waals surface area contributed by atoms with E-state index in [1.807, 2.05) is 42.2 Å². The summed E-state index contributed by atoms with van der Waals surface area (Å²) in [4.78, 5) is 14.3. The maximum atomic E-state index is 12.5. The molecule has 2 rings (SSSR count). The molecule has 1 saturated heterocycles. The van der Waals surface area contributed by atoms with Crippen LogP contribution in [0.5, 0.6) is 0 Å². The number of carbonyl (C=O) groups is 1. The Labute approximate surface area is 119 Å². The molecule has 1 heterocycles. The van der Waals surface area contributed by atoms with Crippen molar-refractivity contribution in [2.24, 2.45) is 5.92 Å². The zero-order chi connectivity index (χ0) is 13.7. The van der Waals surface area contributed by atoms with Crippen LogP contribution in [0.25, 0.3) is 0 Å². The molecule has 0 aliphatic carbocycles. The van der Waals surface area contributed by atoms with E-state index in [2.05, 4.69) is 0 Å². The molecule has 1 amide bonds. The third-order valence-electron chi connectivity index (χ3n) is 3.43. The maximum absolute atomic E-state index is 12.5. The second-order valence-corrected chi connectivity index (χ2v) is 5.39. The zero-order valence-corrected chi connectivity index (χ0v) is 12.0. The highest BCUT2D eigenvalue weighted by Crippen LogP contribution is 2.22. The topological polar surface area (TPSA) is 29.5 Å². The lowest BCUT2D eigenvalue weighted by Crippen LogP contribution is -2.37. The van der Waals surface area contributed by atoms with E-state index in [1.165, 1.54) is 0 Å². The van der Waals surface area contributed by atoms with Crippen LogP contribution in [0.3, 0.4) is 0 Å². The molecule has 1 aliphatic heterocycles. The average Bonchev–Trinajstić information content (AvgIpc) is 2.85. The van der Waals surface area contributed by atoms with Gasteiger partial charge in [-0.05, 0) is 18.9 Å². The Hall–Kier alpha value is -1.06. The van der Waals surface area contributed by atoms with E-state index in [4.69, 9.17) is 16.3 Å². The summed E-state index contributed by atoms with van der Waals surface area (Å²) < 4.78 is 5.48. The Morgan fingerprint density at radius 1 is 1.42 bits per heavy atom. The summed E-state index contributed by atoms with van der Waals surface area (Å²) in [7, 11) is 0. The zero-order valence-electron chi connectivity index (χ0n) is 11.2.